The number of halogens is 1. The van der Waals surface area contributed by atoms with Crippen LogP contribution in [0.4, 0.5) is 0 Å². The highest BCUT2D eigenvalue weighted by molar-refractivity contribution is 5.85. The van der Waals surface area contributed by atoms with E-state index >= 15 is 0 Å². The highest BCUT2D eigenvalue weighted by Gasteiger charge is 1.57. The minimum absolute atomic E-state index is 0. The largest absolute Gasteiger partial charge is 0.412 e. The lowest BCUT2D eigenvalue weighted by molar-refractivity contribution is -0.445. The molecule has 9 nitrogen and oxygen atoms in total. The second-order valence-electron chi connectivity index (χ2n) is 0.697. The number of hydrogen-bond acceptors (Lipinski definition) is 6. The molecule has 14 heavy (non-hydrogen) atoms. The smallest absolute Gasteiger partial charge is 0.206 e. The molecule has 0 aliphatic heterocycles. The summed E-state index contributed by atoms with van der Waals surface area (Å²) in [7, 11) is 0.889. The van der Waals surface area contributed by atoms with E-state index in [0.29, 0.717) is 0 Å². The molecule has 92 valence electrons. The van der Waals surface area contributed by atoms with Crippen molar-refractivity contribution in [3.8, 4) is 0 Å². The maximum absolute atomic E-state index is 9.26. The van der Waals surface area contributed by atoms with Crippen molar-refractivity contribution in [2.45, 2.75) is 0 Å². The van der Waals surface area contributed by atoms with Gasteiger partial charge in [0.05, 0.1) is 0 Å². The number of rotatable bonds is 0. The standard InChI is InChI=1S/2CH3NO2.2CH5N.ClH.H2O/c2*1-2(3)4;2*1-2;;/h2*1H3;2*2H2,1H3;1H;1H2/i1D3;;2*1D3;;/hD2. The van der Waals surface area contributed by atoms with Gasteiger partial charge in [0, 0.05) is 18.1 Å². The highest BCUT2D eigenvalue weighted by Crippen LogP contribution is 1.40. The fourth-order valence-corrected chi connectivity index (χ4v) is 0. The van der Waals surface area contributed by atoms with Crippen LogP contribution >= 0.6 is 12.4 Å². The van der Waals surface area contributed by atoms with Gasteiger partial charge in [-0.15, -0.1) is 12.4 Å². The maximum Gasteiger partial charge on any atom is 0.206 e. The van der Waals surface area contributed by atoms with Crippen molar-refractivity contribution in [1.29, 1.82) is 2.86 Å². The summed E-state index contributed by atoms with van der Waals surface area (Å²) in [5.41, 5.74) is 11.5. The van der Waals surface area contributed by atoms with Gasteiger partial charge in [-0.3, -0.25) is 20.2 Å². The SMILES string of the molecule is C[N+](=O)[O-].Cl.[2H]C([2H])([2H])N.[2H]C([2H])([2H])N.[2H]C([2H])([2H])[N+](=O)[O-].[2H]O[2H]. The van der Waals surface area contributed by atoms with Gasteiger partial charge in [-0.05, 0) is 14.0 Å². The van der Waals surface area contributed by atoms with E-state index in [0.717, 1.165) is 7.05 Å². The Morgan fingerprint density at radius 3 is 1.36 bits per heavy atom. The van der Waals surface area contributed by atoms with Crippen LogP contribution in [0.1, 0.15) is 12.3 Å². The Morgan fingerprint density at radius 2 is 1.36 bits per heavy atom. The molecule has 0 aliphatic carbocycles. The van der Waals surface area contributed by atoms with Crippen molar-refractivity contribution in [2.75, 3.05) is 28.0 Å². The molecular weight excluding hydrogens is 220 g/mol. The molecule has 6 N–H and O–H groups in total. The Morgan fingerprint density at radius 1 is 1.29 bits per heavy atom. The summed E-state index contributed by atoms with van der Waals surface area (Å²) in [6, 6.07) is 0. The maximum atomic E-state index is 9.26. The molecule has 10 heteroatoms. The molecule has 0 fully saturated rings. The van der Waals surface area contributed by atoms with Gasteiger partial charge in [-0.25, -0.2) is 0 Å². The zero-order chi connectivity index (χ0) is 21.4. The Kier molecular flexibility index (Phi) is 24.0. The first kappa shape index (κ1) is 5.75. The first-order valence-electron chi connectivity index (χ1n) is 7.29. The second kappa shape index (κ2) is 58.3. The molecule has 0 atom stereocenters. The Balaban J connectivity index is -0.0000000459. The van der Waals surface area contributed by atoms with Gasteiger partial charge in [0.1, 0.15) is 4.11 Å². The molecule has 0 heterocycles. The van der Waals surface area contributed by atoms with E-state index in [2.05, 4.69) is 16.9 Å². The Bertz CT molecular complexity index is 293. The topological polar surface area (TPSA) is 170 Å². The molecule has 0 aromatic heterocycles. The van der Waals surface area contributed by atoms with E-state index in [9.17, 15) is 10.1 Å². The van der Waals surface area contributed by atoms with Crippen LogP contribution in [0, 0.1) is 20.2 Å². The predicted molar refractivity (Wildman–Crippen MR) is 56.9 cm³/mol. The number of nitrogens with two attached hydrogens (primary N) is 2. The predicted octanol–water partition coefficient (Wildman–Crippen LogP) is -1.47. The summed E-state index contributed by atoms with van der Waals surface area (Å²) in [5, 5.41) is 18.1. The van der Waals surface area contributed by atoms with Crippen molar-refractivity contribution >= 4 is 12.4 Å². The minimum atomic E-state index is -3.03. The molecular formula is C4H19ClN4O5. The monoisotopic (exact) mass is 249 g/mol. The quantitative estimate of drug-likeness (QED) is 0.392. The lowest BCUT2D eigenvalue weighted by Gasteiger charge is -1.63. The molecule has 0 spiro atoms. The van der Waals surface area contributed by atoms with Crippen molar-refractivity contribution < 1.29 is 27.7 Å². The zero-order valence-electron chi connectivity index (χ0n) is 18.0. The molecule has 0 amide bonds. The second-order valence-corrected chi connectivity index (χ2v) is 0.697. The molecule has 0 saturated heterocycles. The van der Waals surface area contributed by atoms with Crippen LogP contribution in [0.5, 0.6) is 0 Å². The summed E-state index contributed by atoms with van der Waals surface area (Å²) in [4.78, 5) is 16.3. The summed E-state index contributed by atoms with van der Waals surface area (Å²) < 4.78 is 65.1. The average molecular weight is 250 g/mol. The van der Waals surface area contributed by atoms with Crippen molar-refractivity contribution in [3.05, 3.63) is 20.2 Å². The van der Waals surface area contributed by atoms with Crippen molar-refractivity contribution in [1.82, 2.24) is 0 Å². The van der Waals surface area contributed by atoms with Gasteiger partial charge in [0.2, 0.25) is 2.86 Å². The van der Waals surface area contributed by atoms with Crippen LogP contribution in [0.2, 0.25) is 0 Å². The molecule has 0 aliphatic rings. The van der Waals surface area contributed by atoms with Crippen LogP contribution < -0.4 is 11.5 Å². The van der Waals surface area contributed by atoms with E-state index in [1.54, 1.807) is 0 Å². The molecule has 0 rings (SSSR count). The van der Waals surface area contributed by atoms with Crippen molar-refractivity contribution in [3.63, 3.8) is 0 Å². The van der Waals surface area contributed by atoms with Gasteiger partial charge < -0.3 is 16.9 Å². The van der Waals surface area contributed by atoms with Crippen molar-refractivity contribution in [2.24, 2.45) is 11.5 Å². The first-order chi connectivity index (χ1) is 10.1. The van der Waals surface area contributed by atoms with Crippen LogP contribution in [-0.4, -0.2) is 46.2 Å². The first-order valence-corrected chi connectivity index (χ1v) is 1.98. The summed E-state index contributed by atoms with van der Waals surface area (Å²) in [6.07, 6.45) is 0. The van der Waals surface area contributed by atoms with E-state index < -0.39 is 30.8 Å². The van der Waals surface area contributed by atoms with E-state index in [4.69, 9.17) is 25.3 Å². The fraction of sp³-hybridized carbons (Fsp3) is 1.00. The number of hydrogen-bond donors (Lipinski definition) is 2. The van der Waals surface area contributed by atoms with E-state index in [-0.39, 0.29) is 12.4 Å². The van der Waals surface area contributed by atoms with Gasteiger partial charge in [-0.1, -0.05) is 0 Å². The van der Waals surface area contributed by atoms with Gasteiger partial charge >= 0.3 is 0 Å². The fourth-order valence-electron chi connectivity index (χ4n) is 0. The minimum Gasteiger partial charge on any atom is -0.412 e. The van der Waals surface area contributed by atoms with Crippen LogP contribution in [-0.2, 0) is 0 Å². The van der Waals surface area contributed by atoms with Gasteiger partial charge in [0.25, 0.3) is 0 Å². The van der Waals surface area contributed by atoms with Crippen LogP contribution in [0.25, 0.3) is 0 Å². The number of nitro groups is 2. The Hall–Kier alpha value is -1.03. The lowest BCUT2D eigenvalue weighted by Crippen LogP contribution is -1.79. The summed E-state index contributed by atoms with van der Waals surface area (Å²) >= 11 is 0. The third-order valence-corrected chi connectivity index (χ3v) is 0. The zero-order valence-corrected chi connectivity index (χ0v) is 7.82. The van der Waals surface area contributed by atoms with Gasteiger partial charge in [-0.2, -0.15) is 0 Å². The average Bonchev–Trinajstić information content (AvgIpc) is 2.09. The van der Waals surface area contributed by atoms with Gasteiger partial charge in [0.15, 0.2) is 14.0 Å². The number of nitrogens with zero attached hydrogens (tertiary/aromatic N) is 2. The molecule has 0 aromatic rings. The molecule has 0 unspecified atom stereocenters. The van der Waals surface area contributed by atoms with Crippen LogP contribution in [0.3, 0.4) is 0 Å². The van der Waals surface area contributed by atoms with Crippen LogP contribution in [0.15, 0.2) is 0 Å². The Labute approximate surface area is 104 Å². The third kappa shape index (κ3) is 1030. The molecule has 0 saturated carbocycles. The summed E-state index contributed by atoms with van der Waals surface area (Å²) in [6.45, 7) is -7.53. The highest BCUT2D eigenvalue weighted by atomic mass is 35.5. The molecule has 0 bridgehead atoms. The van der Waals surface area contributed by atoms with E-state index in [1.165, 1.54) is 0 Å². The lowest BCUT2D eigenvalue weighted by atomic mass is 11.5. The summed E-state index contributed by atoms with van der Waals surface area (Å²) in [5.74, 6) is 0. The third-order valence-electron chi connectivity index (χ3n) is 0. The van der Waals surface area contributed by atoms with E-state index in [1.807, 2.05) is 0 Å². The normalized spacial score (nSPS) is 18.1. The molecule has 0 radical (unpaired) electrons. The molecule has 0 aromatic carbocycles.